The second kappa shape index (κ2) is 9.76. The largest absolute Gasteiger partial charge is 0.493 e. The van der Waals surface area contributed by atoms with Crippen LogP contribution in [-0.4, -0.2) is 37.0 Å². The maximum absolute atomic E-state index is 12.8. The molecule has 1 aromatic heterocycles. The fourth-order valence-electron chi connectivity index (χ4n) is 3.32. The molecule has 1 fully saturated rings. The third-order valence-electron chi connectivity index (χ3n) is 4.85. The van der Waals surface area contributed by atoms with Crippen LogP contribution in [0.1, 0.15) is 36.6 Å². The summed E-state index contributed by atoms with van der Waals surface area (Å²) in [5, 5.41) is 5.38. The summed E-state index contributed by atoms with van der Waals surface area (Å²) < 4.78 is 11.4. The highest BCUT2D eigenvalue weighted by Gasteiger charge is 2.25. The Morgan fingerprint density at radius 1 is 1.30 bits per heavy atom. The van der Waals surface area contributed by atoms with E-state index in [-0.39, 0.29) is 11.9 Å². The zero-order valence-corrected chi connectivity index (χ0v) is 16.9. The molecule has 0 bridgehead atoms. The highest BCUT2D eigenvalue weighted by Crippen LogP contribution is 2.30. The molecule has 2 heterocycles. The van der Waals surface area contributed by atoms with Crippen molar-refractivity contribution in [1.29, 1.82) is 0 Å². The number of likely N-dealkylation sites (N-methyl/N-ethyl adjacent to an activating group) is 1. The number of carbonyl (C=O) groups excluding carboxylic acids is 1. The van der Waals surface area contributed by atoms with E-state index in [0.717, 1.165) is 37.1 Å². The monoisotopic (exact) mass is 388 g/mol. The first-order chi connectivity index (χ1) is 13.2. The van der Waals surface area contributed by atoms with Crippen molar-refractivity contribution in [3.8, 4) is 11.5 Å². The van der Waals surface area contributed by atoms with Gasteiger partial charge in [0.25, 0.3) is 0 Å². The molecule has 1 unspecified atom stereocenters. The normalized spacial score (nSPS) is 16.7. The van der Waals surface area contributed by atoms with Gasteiger partial charge in [-0.2, -0.15) is 0 Å². The van der Waals surface area contributed by atoms with E-state index in [0.29, 0.717) is 25.4 Å². The van der Waals surface area contributed by atoms with E-state index >= 15 is 0 Å². The van der Waals surface area contributed by atoms with Gasteiger partial charge in [-0.15, -0.1) is 11.3 Å². The number of thiophene rings is 1. The average molecular weight is 389 g/mol. The van der Waals surface area contributed by atoms with Crippen molar-refractivity contribution >= 4 is 17.2 Å². The van der Waals surface area contributed by atoms with Crippen LogP contribution >= 0.6 is 11.3 Å². The van der Waals surface area contributed by atoms with Crippen molar-refractivity contribution in [2.24, 2.45) is 0 Å². The Labute approximate surface area is 165 Å². The van der Waals surface area contributed by atoms with Gasteiger partial charge in [-0.3, -0.25) is 4.79 Å². The lowest BCUT2D eigenvalue weighted by Gasteiger charge is -2.29. The zero-order valence-electron chi connectivity index (χ0n) is 16.1. The maximum Gasteiger partial charge on any atom is 0.239 e. The lowest BCUT2D eigenvalue weighted by molar-refractivity contribution is -0.134. The van der Waals surface area contributed by atoms with Gasteiger partial charge in [0.15, 0.2) is 11.5 Å². The molecular formula is C21H28N2O3S. The van der Waals surface area contributed by atoms with Crippen molar-refractivity contribution in [3.05, 3.63) is 46.2 Å². The van der Waals surface area contributed by atoms with Crippen molar-refractivity contribution in [1.82, 2.24) is 10.2 Å². The molecule has 3 rings (SSSR count). The van der Waals surface area contributed by atoms with E-state index in [1.54, 1.807) is 18.4 Å². The number of hydrogen-bond acceptors (Lipinski definition) is 5. The fourth-order valence-corrected chi connectivity index (χ4v) is 3.94. The van der Waals surface area contributed by atoms with Crippen LogP contribution in [0.4, 0.5) is 0 Å². The molecule has 1 amide bonds. The van der Waals surface area contributed by atoms with E-state index in [4.69, 9.17) is 9.47 Å². The zero-order chi connectivity index (χ0) is 19.1. The van der Waals surface area contributed by atoms with Crippen LogP contribution in [-0.2, 0) is 17.9 Å². The second-order valence-electron chi connectivity index (χ2n) is 6.71. The molecule has 146 valence electrons. The molecule has 1 atom stereocenters. The van der Waals surface area contributed by atoms with Crippen LogP contribution in [0, 0.1) is 0 Å². The van der Waals surface area contributed by atoms with Gasteiger partial charge in [0.1, 0.15) is 6.61 Å². The molecule has 0 spiro atoms. The molecule has 1 saturated heterocycles. The number of hydrogen-bond donors (Lipinski definition) is 1. The quantitative estimate of drug-likeness (QED) is 0.747. The molecule has 27 heavy (non-hydrogen) atoms. The minimum atomic E-state index is -0.0472. The van der Waals surface area contributed by atoms with Crippen molar-refractivity contribution in [3.63, 3.8) is 0 Å². The molecule has 0 aliphatic carbocycles. The van der Waals surface area contributed by atoms with Gasteiger partial charge in [-0.05, 0) is 55.5 Å². The minimum absolute atomic E-state index is 0.0472. The van der Waals surface area contributed by atoms with Crippen LogP contribution in [0.15, 0.2) is 35.7 Å². The van der Waals surface area contributed by atoms with Crippen LogP contribution in [0.5, 0.6) is 11.5 Å². The first-order valence-electron chi connectivity index (χ1n) is 9.55. The third-order valence-corrected chi connectivity index (χ3v) is 5.70. The Kier molecular flexibility index (Phi) is 7.12. The standard InChI is InChI=1S/C21H28N2O3S/c1-3-23(21(24)18-8-4-5-11-22-18)14-16-9-10-19(20(13-16)25-2)26-15-17-7-6-12-27-17/h6-7,9-10,12-13,18,22H,3-5,8,11,14-15H2,1-2H3. The summed E-state index contributed by atoms with van der Waals surface area (Å²) >= 11 is 1.67. The van der Waals surface area contributed by atoms with E-state index in [9.17, 15) is 4.79 Å². The van der Waals surface area contributed by atoms with Gasteiger partial charge in [0.05, 0.1) is 13.2 Å². The topological polar surface area (TPSA) is 50.8 Å². The number of amides is 1. The number of rotatable bonds is 8. The van der Waals surface area contributed by atoms with E-state index in [1.807, 2.05) is 41.5 Å². The van der Waals surface area contributed by atoms with Gasteiger partial charge in [0.2, 0.25) is 5.91 Å². The summed E-state index contributed by atoms with van der Waals surface area (Å²) in [6, 6.07) is 9.93. The van der Waals surface area contributed by atoms with E-state index in [2.05, 4.69) is 11.4 Å². The molecule has 0 radical (unpaired) electrons. The van der Waals surface area contributed by atoms with Gasteiger partial charge in [-0.1, -0.05) is 18.6 Å². The maximum atomic E-state index is 12.8. The number of methoxy groups -OCH3 is 1. The molecule has 2 aromatic rings. The molecule has 6 heteroatoms. The Morgan fingerprint density at radius 2 is 2.19 bits per heavy atom. The summed E-state index contributed by atoms with van der Waals surface area (Å²) in [6.45, 7) is 4.75. The molecular weight excluding hydrogens is 360 g/mol. The minimum Gasteiger partial charge on any atom is -0.493 e. The Balaban J connectivity index is 1.65. The highest BCUT2D eigenvalue weighted by molar-refractivity contribution is 7.09. The number of ether oxygens (including phenoxy) is 2. The smallest absolute Gasteiger partial charge is 0.239 e. The first kappa shape index (κ1) is 19.7. The predicted octanol–water partition coefficient (Wildman–Crippen LogP) is 3.83. The van der Waals surface area contributed by atoms with Gasteiger partial charge in [0, 0.05) is 18.0 Å². The van der Waals surface area contributed by atoms with Gasteiger partial charge < -0.3 is 19.7 Å². The molecule has 1 aliphatic heterocycles. The highest BCUT2D eigenvalue weighted by atomic mass is 32.1. The SMILES string of the molecule is CCN(Cc1ccc(OCc2cccs2)c(OC)c1)C(=O)C1CCCCN1. The van der Waals surface area contributed by atoms with Crippen LogP contribution in [0.25, 0.3) is 0 Å². The number of benzene rings is 1. The first-order valence-corrected chi connectivity index (χ1v) is 10.4. The van der Waals surface area contributed by atoms with Gasteiger partial charge in [-0.25, -0.2) is 0 Å². The predicted molar refractivity (Wildman–Crippen MR) is 108 cm³/mol. The molecule has 5 nitrogen and oxygen atoms in total. The number of carbonyl (C=O) groups is 1. The van der Waals surface area contributed by atoms with E-state index < -0.39 is 0 Å². The third kappa shape index (κ3) is 5.23. The molecule has 1 N–H and O–H groups in total. The van der Waals surface area contributed by atoms with E-state index in [1.165, 1.54) is 4.88 Å². The summed E-state index contributed by atoms with van der Waals surface area (Å²) in [5.41, 5.74) is 1.04. The average Bonchev–Trinajstić information content (AvgIpc) is 3.24. The lowest BCUT2D eigenvalue weighted by Crippen LogP contribution is -2.48. The molecule has 1 aromatic carbocycles. The summed E-state index contributed by atoms with van der Waals surface area (Å²) in [6.07, 6.45) is 3.19. The molecule has 1 aliphatic rings. The number of piperidine rings is 1. The van der Waals surface area contributed by atoms with Crippen LogP contribution in [0.3, 0.4) is 0 Å². The summed E-state index contributed by atoms with van der Waals surface area (Å²) in [4.78, 5) is 15.9. The summed E-state index contributed by atoms with van der Waals surface area (Å²) in [5.74, 6) is 1.61. The van der Waals surface area contributed by atoms with Crippen molar-refractivity contribution < 1.29 is 14.3 Å². The lowest BCUT2D eigenvalue weighted by atomic mass is 10.0. The van der Waals surface area contributed by atoms with Crippen LogP contribution in [0.2, 0.25) is 0 Å². The number of nitrogens with zero attached hydrogens (tertiary/aromatic N) is 1. The van der Waals surface area contributed by atoms with Crippen LogP contribution < -0.4 is 14.8 Å². The second-order valence-corrected chi connectivity index (χ2v) is 7.74. The Morgan fingerprint density at radius 3 is 2.85 bits per heavy atom. The van der Waals surface area contributed by atoms with Gasteiger partial charge >= 0.3 is 0 Å². The Bertz CT molecular complexity index is 727. The van der Waals surface area contributed by atoms with Crippen molar-refractivity contribution in [2.75, 3.05) is 20.2 Å². The Hall–Kier alpha value is -2.05. The fraction of sp³-hybridized carbons (Fsp3) is 0.476. The molecule has 0 saturated carbocycles. The summed E-state index contributed by atoms with van der Waals surface area (Å²) in [7, 11) is 1.64. The van der Waals surface area contributed by atoms with Crippen molar-refractivity contribution in [2.45, 2.75) is 45.4 Å². The number of nitrogens with one attached hydrogen (secondary N) is 1.